The average Bonchev–Trinajstić information content (AvgIpc) is 3.47. The van der Waals surface area contributed by atoms with E-state index in [1.165, 1.54) is 9.79 Å². The molecule has 1 fully saturated rings. The highest BCUT2D eigenvalue weighted by Crippen LogP contribution is 2.53. The minimum Gasteiger partial charge on any atom is -0.483 e. The van der Waals surface area contributed by atoms with Crippen LogP contribution in [0, 0.1) is 11.2 Å². The van der Waals surface area contributed by atoms with E-state index < -0.39 is 0 Å². The molecule has 1 saturated carbocycles. The standard InChI is InChI=1S/C25H26FOS/c1-24(2,3)25(16-17-25)27-23-18-21(14-15-22(23)26)28(19-10-6-4-7-11-19)20-12-8-5-9-13-20/h4-15,18H,16-17H2,1-3H3/q+1. The van der Waals surface area contributed by atoms with E-state index in [0.29, 0.717) is 5.75 Å². The van der Waals surface area contributed by atoms with Gasteiger partial charge in [0.1, 0.15) is 5.60 Å². The van der Waals surface area contributed by atoms with Crippen LogP contribution in [0.5, 0.6) is 5.75 Å². The summed E-state index contributed by atoms with van der Waals surface area (Å²) in [6.45, 7) is 6.50. The molecular weight excluding hydrogens is 367 g/mol. The van der Waals surface area contributed by atoms with Crippen LogP contribution in [-0.2, 0) is 10.9 Å². The quantitative estimate of drug-likeness (QED) is 0.429. The predicted octanol–water partition coefficient (Wildman–Crippen LogP) is 6.88. The summed E-state index contributed by atoms with van der Waals surface area (Å²) in [6.07, 6.45) is 1.95. The zero-order valence-electron chi connectivity index (χ0n) is 16.6. The van der Waals surface area contributed by atoms with Gasteiger partial charge in [-0.3, -0.25) is 0 Å². The molecule has 0 aromatic heterocycles. The van der Waals surface area contributed by atoms with Crippen LogP contribution < -0.4 is 4.74 Å². The van der Waals surface area contributed by atoms with E-state index >= 15 is 0 Å². The molecule has 1 aliphatic rings. The maximum atomic E-state index is 14.7. The van der Waals surface area contributed by atoms with Gasteiger partial charge in [-0.15, -0.1) is 0 Å². The van der Waals surface area contributed by atoms with Gasteiger partial charge in [0.25, 0.3) is 0 Å². The van der Waals surface area contributed by atoms with E-state index in [0.717, 1.165) is 17.7 Å². The Morgan fingerprint density at radius 1 is 0.786 bits per heavy atom. The molecule has 0 aliphatic heterocycles. The van der Waals surface area contributed by atoms with Crippen molar-refractivity contribution in [2.45, 2.75) is 53.9 Å². The molecule has 4 rings (SSSR count). The van der Waals surface area contributed by atoms with Crippen molar-refractivity contribution in [3.63, 3.8) is 0 Å². The maximum Gasteiger partial charge on any atom is 0.170 e. The Bertz CT molecular complexity index is 904. The first-order valence-electron chi connectivity index (χ1n) is 9.73. The average molecular weight is 394 g/mol. The minimum atomic E-state index is -0.309. The number of rotatable bonds is 5. The predicted molar refractivity (Wildman–Crippen MR) is 113 cm³/mol. The van der Waals surface area contributed by atoms with E-state index in [4.69, 9.17) is 4.74 Å². The second kappa shape index (κ2) is 7.29. The normalized spacial score (nSPS) is 15.5. The summed E-state index contributed by atoms with van der Waals surface area (Å²) in [6, 6.07) is 26.2. The Morgan fingerprint density at radius 2 is 1.32 bits per heavy atom. The van der Waals surface area contributed by atoms with Crippen LogP contribution in [-0.4, -0.2) is 5.60 Å². The first-order chi connectivity index (χ1) is 13.4. The molecule has 3 aromatic carbocycles. The van der Waals surface area contributed by atoms with Gasteiger partial charge in [-0.2, -0.15) is 0 Å². The molecule has 1 nitrogen and oxygen atoms in total. The van der Waals surface area contributed by atoms with Gasteiger partial charge in [-0.1, -0.05) is 57.2 Å². The summed E-state index contributed by atoms with van der Waals surface area (Å²) in [4.78, 5) is 3.49. The van der Waals surface area contributed by atoms with Crippen molar-refractivity contribution < 1.29 is 9.13 Å². The van der Waals surface area contributed by atoms with Crippen molar-refractivity contribution in [3.05, 3.63) is 84.7 Å². The van der Waals surface area contributed by atoms with Crippen molar-refractivity contribution in [2.75, 3.05) is 0 Å². The molecule has 0 spiro atoms. The Kier molecular flexibility index (Phi) is 4.96. The van der Waals surface area contributed by atoms with Gasteiger partial charge in [-0.05, 0) is 49.2 Å². The Balaban J connectivity index is 1.76. The highest BCUT2D eigenvalue weighted by molar-refractivity contribution is 7.97. The van der Waals surface area contributed by atoms with Crippen molar-refractivity contribution in [2.24, 2.45) is 5.41 Å². The fourth-order valence-electron chi connectivity index (χ4n) is 3.54. The van der Waals surface area contributed by atoms with Gasteiger partial charge < -0.3 is 4.74 Å². The van der Waals surface area contributed by atoms with Crippen molar-refractivity contribution >= 4 is 10.9 Å². The van der Waals surface area contributed by atoms with Gasteiger partial charge in [0.15, 0.2) is 26.3 Å². The molecule has 0 unspecified atom stereocenters. The molecule has 3 aromatic rings. The number of benzene rings is 3. The summed E-state index contributed by atoms with van der Waals surface area (Å²) >= 11 is 0. The van der Waals surface area contributed by atoms with E-state index in [9.17, 15) is 4.39 Å². The molecule has 0 heterocycles. The molecule has 0 radical (unpaired) electrons. The third-order valence-electron chi connectivity index (χ3n) is 5.47. The SMILES string of the molecule is CC(C)(C)C1(Oc2cc([S+](c3ccccc3)c3ccccc3)ccc2F)CC1. The molecule has 3 heteroatoms. The van der Waals surface area contributed by atoms with Crippen LogP contribution in [0.15, 0.2) is 93.5 Å². The first kappa shape index (κ1) is 19.1. The Labute approximate surface area is 169 Å². The summed E-state index contributed by atoms with van der Waals surface area (Å²) in [7, 11) is -0.309. The van der Waals surface area contributed by atoms with Crippen LogP contribution in [0.1, 0.15) is 33.6 Å². The van der Waals surface area contributed by atoms with Crippen LogP contribution in [0.2, 0.25) is 0 Å². The highest BCUT2D eigenvalue weighted by atomic mass is 32.2. The summed E-state index contributed by atoms with van der Waals surface area (Å²) < 4.78 is 21.0. The lowest BCUT2D eigenvalue weighted by Crippen LogP contribution is -2.34. The van der Waals surface area contributed by atoms with Crippen molar-refractivity contribution in [1.29, 1.82) is 0 Å². The summed E-state index contributed by atoms with van der Waals surface area (Å²) in [5, 5.41) is 0. The number of hydrogen-bond acceptors (Lipinski definition) is 1. The fourth-order valence-corrected chi connectivity index (χ4v) is 5.64. The highest BCUT2D eigenvalue weighted by Gasteiger charge is 2.55. The monoisotopic (exact) mass is 393 g/mol. The zero-order chi connectivity index (χ0) is 19.8. The minimum absolute atomic E-state index is 0.0179. The molecular formula is C25H26FOS+. The molecule has 0 atom stereocenters. The van der Waals surface area contributed by atoms with Gasteiger partial charge in [0, 0.05) is 11.5 Å². The van der Waals surface area contributed by atoms with E-state index in [2.05, 4.69) is 69.3 Å². The van der Waals surface area contributed by atoms with Crippen molar-refractivity contribution in [1.82, 2.24) is 0 Å². The lowest BCUT2D eigenvalue weighted by Gasteiger charge is -2.31. The molecule has 28 heavy (non-hydrogen) atoms. The zero-order valence-corrected chi connectivity index (χ0v) is 17.4. The third kappa shape index (κ3) is 3.68. The number of ether oxygens (including phenoxy) is 1. The topological polar surface area (TPSA) is 9.23 Å². The van der Waals surface area contributed by atoms with Crippen LogP contribution in [0.25, 0.3) is 0 Å². The fraction of sp³-hybridized carbons (Fsp3) is 0.280. The van der Waals surface area contributed by atoms with Gasteiger partial charge in [0.2, 0.25) is 0 Å². The van der Waals surface area contributed by atoms with Crippen LogP contribution >= 0.6 is 0 Å². The Hall–Kier alpha value is -2.26. The summed E-state index contributed by atoms with van der Waals surface area (Å²) in [5.74, 6) is 0.0817. The van der Waals surface area contributed by atoms with E-state index in [1.807, 2.05) is 24.3 Å². The van der Waals surface area contributed by atoms with E-state index in [-0.39, 0.29) is 27.7 Å². The molecule has 0 saturated heterocycles. The molecule has 0 bridgehead atoms. The molecule has 0 amide bonds. The Morgan fingerprint density at radius 3 is 1.79 bits per heavy atom. The number of halogens is 1. The molecule has 1 aliphatic carbocycles. The maximum absolute atomic E-state index is 14.7. The first-order valence-corrected chi connectivity index (χ1v) is 11.0. The number of hydrogen-bond donors (Lipinski definition) is 0. The molecule has 0 N–H and O–H groups in total. The van der Waals surface area contributed by atoms with Gasteiger partial charge >= 0.3 is 0 Å². The third-order valence-corrected chi connectivity index (χ3v) is 7.68. The van der Waals surface area contributed by atoms with Crippen LogP contribution in [0.3, 0.4) is 0 Å². The lowest BCUT2D eigenvalue weighted by molar-refractivity contribution is 0.0578. The smallest absolute Gasteiger partial charge is 0.170 e. The largest absolute Gasteiger partial charge is 0.483 e. The second-order valence-electron chi connectivity index (χ2n) is 8.37. The molecule has 144 valence electrons. The van der Waals surface area contributed by atoms with Gasteiger partial charge in [0.05, 0.1) is 10.9 Å². The summed E-state index contributed by atoms with van der Waals surface area (Å²) in [5.41, 5.74) is -0.277. The van der Waals surface area contributed by atoms with Gasteiger partial charge in [-0.25, -0.2) is 4.39 Å². The second-order valence-corrected chi connectivity index (χ2v) is 10.4. The van der Waals surface area contributed by atoms with Crippen LogP contribution in [0.4, 0.5) is 4.39 Å². The lowest BCUT2D eigenvalue weighted by atomic mass is 9.86. The van der Waals surface area contributed by atoms with Crippen molar-refractivity contribution in [3.8, 4) is 5.75 Å². The van der Waals surface area contributed by atoms with E-state index in [1.54, 1.807) is 6.07 Å².